The maximum Gasteiger partial charge on any atom is 0.226 e. The van der Waals surface area contributed by atoms with Gasteiger partial charge in [-0.15, -0.1) is 10.2 Å². The van der Waals surface area contributed by atoms with Gasteiger partial charge in [-0.05, 0) is 35.4 Å². The Morgan fingerprint density at radius 2 is 1.04 bits per heavy atom. The highest BCUT2D eigenvalue weighted by Crippen LogP contribution is 2.33. The first kappa shape index (κ1) is 16.0. The molecule has 0 bridgehead atoms. The second-order valence-corrected chi connectivity index (χ2v) is 5.32. The lowest BCUT2D eigenvalue weighted by atomic mass is 9.78. The SMILES string of the molecule is CC(C)(c1ccc(/N=N/C#N)cc1)c1ccc(/N=N/C#N)cc1. The van der Waals surface area contributed by atoms with E-state index in [2.05, 4.69) is 34.3 Å². The first-order chi connectivity index (χ1) is 11.1. The van der Waals surface area contributed by atoms with Crippen LogP contribution >= 0.6 is 0 Å². The van der Waals surface area contributed by atoms with Crippen molar-refractivity contribution in [2.24, 2.45) is 20.5 Å². The van der Waals surface area contributed by atoms with Crippen LogP contribution in [0.2, 0.25) is 0 Å². The van der Waals surface area contributed by atoms with E-state index in [1.54, 1.807) is 12.4 Å². The molecule has 0 fully saturated rings. The molecule has 0 aliphatic rings. The Kier molecular flexibility index (Phi) is 4.91. The van der Waals surface area contributed by atoms with Gasteiger partial charge in [-0.25, -0.2) is 0 Å². The van der Waals surface area contributed by atoms with Crippen molar-refractivity contribution in [3.63, 3.8) is 0 Å². The Morgan fingerprint density at radius 3 is 1.35 bits per heavy atom. The molecule has 2 aromatic carbocycles. The molecule has 0 aromatic heterocycles. The molecule has 2 rings (SSSR count). The zero-order valence-electron chi connectivity index (χ0n) is 12.8. The van der Waals surface area contributed by atoms with E-state index in [9.17, 15) is 0 Å². The zero-order chi connectivity index (χ0) is 16.7. The zero-order valence-corrected chi connectivity index (χ0v) is 12.8. The molecule has 0 saturated heterocycles. The first-order valence-electron chi connectivity index (χ1n) is 6.88. The van der Waals surface area contributed by atoms with E-state index in [4.69, 9.17) is 10.5 Å². The van der Waals surface area contributed by atoms with E-state index in [0.717, 1.165) is 11.1 Å². The van der Waals surface area contributed by atoms with Crippen LogP contribution < -0.4 is 0 Å². The van der Waals surface area contributed by atoms with Gasteiger partial charge in [0.25, 0.3) is 0 Å². The topological polar surface area (TPSA) is 97.0 Å². The molecule has 112 valence electrons. The maximum atomic E-state index is 8.39. The molecule has 23 heavy (non-hydrogen) atoms. The summed E-state index contributed by atoms with van der Waals surface area (Å²) in [6.45, 7) is 4.23. The molecule has 0 radical (unpaired) electrons. The van der Waals surface area contributed by atoms with E-state index in [1.807, 2.05) is 48.5 Å². The van der Waals surface area contributed by atoms with Crippen molar-refractivity contribution in [1.29, 1.82) is 10.5 Å². The summed E-state index contributed by atoms with van der Waals surface area (Å²) in [5.41, 5.74) is 3.28. The lowest BCUT2D eigenvalue weighted by Crippen LogP contribution is -2.18. The Bertz CT molecular complexity index is 733. The van der Waals surface area contributed by atoms with Crippen molar-refractivity contribution in [3.8, 4) is 12.4 Å². The first-order valence-corrected chi connectivity index (χ1v) is 6.88. The summed E-state index contributed by atoms with van der Waals surface area (Å²) in [6.07, 6.45) is 3.26. The van der Waals surface area contributed by atoms with Crippen LogP contribution in [0.25, 0.3) is 0 Å². The molecule has 0 aliphatic heterocycles. The maximum absolute atomic E-state index is 8.39. The number of benzene rings is 2. The van der Waals surface area contributed by atoms with Gasteiger partial charge in [0.1, 0.15) is 0 Å². The van der Waals surface area contributed by atoms with Crippen LogP contribution in [0.15, 0.2) is 69.0 Å². The van der Waals surface area contributed by atoms with Crippen molar-refractivity contribution in [3.05, 3.63) is 59.7 Å². The number of hydrogen-bond donors (Lipinski definition) is 0. The van der Waals surface area contributed by atoms with Gasteiger partial charge < -0.3 is 0 Å². The van der Waals surface area contributed by atoms with Gasteiger partial charge in [0.15, 0.2) is 0 Å². The van der Waals surface area contributed by atoms with Crippen LogP contribution in [0.1, 0.15) is 25.0 Å². The summed E-state index contributed by atoms with van der Waals surface area (Å²) in [5, 5.41) is 31.0. The van der Waals surface area contributed by atoms with Gasteiger partial charge in [-0.1, -0.05) is 48.3 Å². The predicted octanol–water partition coefficient (Wildman–Crippen LogP) is 5.14. The summed E-state index contributed by atoms with van der Waals surface area (Å²) in [7, 11) is 0. The quantitative estimate of drug-likeness (QED) is 0.577. The van der Waals surface area contributed by atoms with Crippen LogP contribution in [0, 0.1) is 22.9 Å². The Morgan fingerprint density at radius 1 is 0.696 bits per heavy atom. The largest absolute Gasteiger partial charge is 0.226 e. The number of azo groups is 2. The average Bonchev–Trinajstić information content (AvgIpc) is 2.59. The monoisotopic (exact) mass is 302 g/mol. The van der Waals surface area contributed by atoms with Gasteiger partial charge in [-0.2, -0.15) is 10.5 Å². The van der Waals surface area contributed by atoms with Crippen LogP contribution in [0.3, 0.4) is 0 Å². The van der Waals surface area contributed by atoms with Crippen LogP contribution in [0.4, 0.5) is 11.4 Å². The van der Waals surface area contributed by atoms with E-state index in [0.29, 0.717) is 11.4 Å². The van der Waals surface area contributed by atoms with Crippen molar-refractivity contribution < 1.29 is 0 Å². The molecule has 2 aromatic rings. The van der Waals surface area contributed by atoms with Gasteiger partial charge >= 0.3 is 0 Å². The lowest BCUT2D eigenvalue weighted by Gasteiger charge is -2.26. The van der Waals surface area contributed by atoms with E-state index in [-0.39, 0.29) is 5.41 Å². The molecule has 0 amide bonds. The highest BCUT2D eigenvalue weighted by atomic mass is 15.1. The highest BCUT2D eigenvalue weighted by molar-refractivity contribution is 5.47. The van der Waals surface area contributed by atoms with E-state index in [1.165, 1.54) is 0 Å². The van der Waals surface area contributed by atoms with Crippen molar-refractivity contribution in [2.45, 2.75) is 19.3 Å². The molecule has 0 saturated carbocycles. The van der Waals surface area contributed by atoms with Gasteiger partial charge in [0.2, 0.25) is 12.4 Å². The van der Waals surface area contributed by atoms with Crippen LogP contribution in [-0.4, -0.2) is 0 Å². The molecule has 0 atom stereocenters. The smallest absolute Gasteiger partial charge is 0.169 e. The average molecular weight is 302 g/mol. The van der Waals surface area contributed by atoms with Crippen molar-refractivity contribution >= 4 is 11.4 Å². The minimum Gasteiger partial charge on any atom is -0.169 e. The number of nitriles is 2. The Balaban J connectivity index is 2.27. The minimum absolute atomic E-state index is 0.212. The van der Waals surface area contributed by atoms with Crippen LogP contribution in [-0.2, 0) is 5.41 Å². The minimum atomic E-state index is -0.212. The molecular weight excluding hydrogens is 288 g/mol. The Labute approximate surface area is 134 Å². The molecule has 0 spiro atoms. The fraction of sp³-hybridized carbons (Fsp3) is 0.176. The lowest BCUT2D eigenvalue weighted by molar-refractivity contribution is 0.641. The van der Waals surface area contributed by atoms with E-state index >= 15 is 0 Å². The van der Waals surface area contributed by atoms with Gasteiger partial charge in [0.05, 0.1) is 11.4 Å². The normalized spacial score (nSPS) is 11.5. The van der Waals surface area contributed by atoms with Crippen molar-refractivity contribution in [1.82, 2.24) is 0 Å². The van der Waals surface area contributed by atoms with Gasteiger partial charge in [0, 0.05) is 5.41 Å². The summed E-state index contributed by atoms with van der Waals surface area (Å²) < 4.78 is 0. The molecule has 0 N–H and O–H groups in total. The third kappa shape index (κ3) is 3.84. The molecule has 0 unspecified atom stereocenters. The standard InChI is InChI=1S/C17H14N6/c1-17(2,13-3-7-15(8-4-13)22-20-11-18)14-5-9-16(10-6-14)23-21-12-19/h3-10H,1-2H3/b22-20+,23-21+. The second kappa shape index (κ2) is 7.06. The Hall–Kier alpha value is -3.38. The van der Waals surface area contributed by atoms with Crippen LogP contribution in [0.5, 0.6) is 0 Å². The third-order valence-electron chi connectivity index (χ3n) is 3.60. The number of rotatable bonds is 4. The fourth-order valence-electron chi connectivity index (χ4n) is 2.22. The van der Waals surface area contributed by atoms with Gasteiger partial charge in [-0.3, -0.25) is 0 Å². The number of hydrogen-bond acceptors (Lipinski definition) is 6. The van der Waals surface area contributed by atoms with E-state index < -0.39 is 0 Å². The third-order valence-corrected chi connectivity index (χ3v) is 3.60. The highest BCUT2D eigenvalue weighted by Gasteiger charge is 2.22. The molecule has 0 heterocycles. The molecule has 6 heteroatoms. The fourth-order valence-corrected chi connectivity index (χ4v) is 2.22. The molecular formula is C17H14N6. The summed E-state index contributed by atoms with van der Waals surface area (Å²) in [5.74, 6) is 0. The predicted molar refractivity (Wildman–Crippen MR) is 85.3 cm³/mol. The van der Waals surface area contributed by atoms with Crippen molar-refractivity contribution in [2.75, 3.05) is 0 Å². The summed E-state index contributed by atoms with van der Waals surface area (Å²) >= 11 is 0. The molecule has 0 aliphatic carbocycles. The summed E-state index contributed by atoms with van der Waals surface area (Å²) in [6, 6.07) is 15.2. The number of nitrogens with zero attached hydrogens (tertiary/aromatic N) is 6. The summed E-state index contributed by atoms with van der Waals surface area (Å²) in [4.78, 5) is 0. The molecule has 6 nitrogen and oxygen atoms in total. The second-order valence-electron chi connectivity index (χ2n) is 5.32.